The van der Waals surface area contributed by atoms with E-state index in [2.05, 4.69) is 4.74 Å². The molecule has 108 valence electrons. The molecule has 2 rings (SSSR count). The Bertz CT molecular complexity index is 587. The Balaban J connectivity index is 2.19. The molecule has 0 spiro atoms. The van der Waals surface area contributed by atoms with E-state index in [1.165, 1.54) is 24.3 Å². The molecular formula is C14H13F3O2S. The Hall–Kier alpha value is -1.53. The largest absolute Gasteiger partial charge is 0.573 e. The average Bonchev–Trinajstić information content (AvgIpc) is 2.66. The van der Waals surface area contributed by atoms with E-state index in [-0.39, 0.29) is 5.75 Å². The number of hydrogen-bond donors (Lipinski definition) is 1. The Morgan fingerprint density at radius 3 is 2.20 bits per heavy atom. The van der Waals surface area contributed by atoms with E-state index in [0.29, 0.717) is 5.56 Å². The molecule has 1 atom stereocenters. The first-order chi connectivity index (χ1) is 9.26. The zero-order chi connectivity index (χ0) is 14.9. The number of hydrogen-bond acceptors (Lipinski definition) is 3. The quantitative estimate of drug-likeness (QED) is 0.913. The van der Waals surface area contributed by atoms with Crippen LogP contribution in [0.25, 0.3) is 0 Å². The minimum Gasteiger partial charge on any atom is -0.406 e. The molecule has 0 aliphatic heterocycles. The summed E-state index contributed by atoms with van der Waals surface area (Å²) in [5, 5.41) is 10.3. The Morgan fingerprint density at radius 1 is 1.15 bits per heavy atom. The topological polar surface area (TPSA) is 29.5 Å². The van der Waals surface area contributed by atoms with Crippen molar-refractivity contribution < 1.29 is 23.0 Å². The van der Waals surface area contributed by atoms with Gasteiger partial charge in [-0.3, -0.25) is 0 Å². The van der Waals surface area contributed by atoms with Crippen LogP contribution in [0.5, 0.6) is 5.75 Å². The standard InChI is InChI=1S/C14H13F3O2S/c1-8-7-12(9(2)20-8)13(18)10-3-5-11(6-4-10)19-14(15,16)17/h3-7,13,18H,1-2H3. The number of benzene rings is 1. The van der Waals surface area contributed by atoms with Gasteiger partial charge in [0.1, 0.15) is 11.9 Å². The van der Waals surface area contributed by atoms with Crippen molar-refractivity contribution in [3.8, 4) is 5.75 Å². The normalized spacial score (nSPS) is 13.3. The molecule has 0 aliphatic rings. The van der Waals surface area contributed by atoms with E-state index in [4.69, 9.17) is 0 Å². The maximum absolute atomic E-state index is 12.1. The number of aliphatic hydroxyl groups is 1. The van der Waals surface area contributed by atoms with Crippen molar-refractivity contribution in [1.82, 2.24) is 0 Å². The van der Waals surface area contributed by atoms with Crippen molar-refractivity contribution in [3.63, 3.8) is 0 Å². The molecule has 0 amide bonds. The van der Waals surface area contributed by atoms with Gasteiger partial charge in [0.05, 0.1) is 0 Å². The van der Waals surface area contributed by atoms with E-state index in [1.807, 2.05) is 19.9 Å². The van der Waals surface area contributed by atoms with Crippen LogP contribution in [0.1, 0.15) is 27.0 Å². The van der Waals surface area contributed by atoms with Gasteiger partial charge < -0.3 is 9.84 Å². The Kier molecular flexibility index (Phi) is 4.06. The number of halogens is 3. The minimum atomic E-state index is -4.71. The maximum Gasteiger partial charge on any atom is 0.573 e. The van der Waals surface area contributed by atoms with Gasteiger partial charge in [-0.1, -0.05) is 12.1 Å². The zero-order valence-corrected chi connectivity index (χ0v) is 11.7. The van der Waals surface area contributed by atoms with Crippen LogP contribution >= 0.6 is 11.3 Å². The highest BCUT2D eigenvalue weighted by atomic mass is 32.1. The number of thiophene rings is 1. The summed E-state index contributed by atoms with van der Waals surface area (Å²) in [6, 6.07) is 7.13. The number of ether oxygens (including phenoxy) is 1. The first-order valence-corrected chi connectivity index (χ1v) is 6.68. The SMILES string of the molecule is Cc1cc(C(O)c2ccc(OC(F)(F)F)cc2)c(C)s1. The van der Waals surface area contributed by atoms with Crippen LogP contribution in [0.15, 0.2) is 30.3 Å². The van der Waals surface area contributed by atoms with Crippen LogP contribution in [0, 0.1) is 13.8 Å². The number of alkyl halides is 3. The third-order valence-electron chi connectivity index (χ3n) is 2.80. The van der Waals surface area contributed by atoms with Crippen LogP contribution in [-0.4, -0.2) is 11.5 Å². The van der Waals surface area contributed by atoms with E-state index in [9.17, 15) is 18.3 Å². The van der Waals surface area contributed by atoms with Crippen molar-refractivity contribution in [2.24, 2.45) is 0 Å². The van der Waals surface area contributed by atoms with Crippen LogP contribution in [0.2, 0.25) is 0 Å². The molecule has 0 saturated heterocycles. The van der Waals surface area contributed by atoms with Crippen molar-refractivity contribution in [3.05, 3.63) is 51.2 Å². The fraction of sp³-hybridized carbons (Fsp3) is 0.286. The Labute approximate surface area is 118 Å². The summed E-state index contributed by atoms with van der Waals surface area (Å²) in [4.78, 5) is 2.07. The molecule has 20 heavy (non-hydrogen) atoms. The third kappa shape index (κ3) is 3.52. The molecular weight excluding hydrogens is 289 g/mol. The first-order valence-electron chi connectivity index (χ1n) is 5.87. The molecule has 1 aromatic heterocycles. The summed E-state index contributed by atoms with van der Waals surface area (Å²) < 4.78 is 39.9. The molecule has 2 aromatic rings. The predicted octanol–water partition coefficient (Wildman–Crippen LogP) is 4.35. The average molecular weight is 302 g/mol. The molecule has 2 nitrogen and oxygen atoms in total. The van der Waals surface area contributed by atoms with Crippen molar-refractivity contribution in [2.75, 3.05) is 0 Å². The molecule has 0 saturated carbocycles. The van der Waals surface area contributed by atoms with Gasteiger partial charge in [0.15, 0.2) is 0 Å². The molecule has 1 unspecified atom stereocenters. The van der Waals surface area contributed by atoms with Gasteiger partial charge in [0.25, 0.3) is 0 Å². The summed E-state index contributed by atoms with van der Waals surface area (Å²) in [6.07, 6.45) is -5.55. The smallest absolute Gasteiger partial charge is 0.406 e. The highest BCUT2D eigenvalue weighted by molar-refractivity contribution is 7.12. The molecule has 1 heterocycles. The fourth-order valence-electron chi connectivity index (χ4n) is 1.95. The molecule has 0 fully saturated rings. The summed E-state index contributed by atoms with van der Waals surface area (Å²) >= 11 is 1.57. The lowest BCUT2D eigenvalue weighted by atomic mass is 10.0. The van der Waals surface area contributed by atoms with Crippen molar-refractivity contribution >= 4 is 11.3 Å². The monoisotopic (exact) mass is 302 g/mol. The van der Waals surface area contributed by atoms with Gasteiger partial charge in [-0.05, 0) is 43.2 Å². The predicted molar refractivity (Wildman–Crippen MR) is 71.0 cm³/mol. The molecule has 0 aliphatic carbocycles. The van der Waals surface area contributed by atoms with E-state index in [1.54, 1.807) is 11.3 Å². The second-order valence-electron chi connectivity index (χ2n) is 4.39. The third-order valence-corrected chi connectivity index (χ3v) is 3.79. The highest BCUT2D eigenvalue weighted by Crippen LogP contribution is 2.32. The summed E-state index contributed by atoms with van der Waals surface area (Å²) in [7, 11) is 0. The number of rotatable bonds is 3. The Morgan fingerprint density at radius 2 is 1.75 bits per heavy atom. The van der Waals surface area contributed by atoms with Crippen LogP contribution < -0.4 is 4.74 Å². The van der Waals surface area contributed by atoms with Crippen molar-refractivity contribution in [2.45, 2.75) is 26.3 Å². The molecule has 1 aromatic carbocycles. The zero-order valence-electron chi connectivity index (χ0n) is 10.9. The minimum absolute atomic E-state index is 0.299. The van der Waals surface area contributed by atoms with Crippen molar-refractivity contribution in [1.29, 1.82) is 0 Å². The molecule has 6 heteroatoms. The van der Waals surface area contributed by atoms with Gasteiger partial charge >= 0.3 is 6.36 Å². The molecule has 0 radical (unpaired) electrons. The van der Waals surface area contributed by atoms with E-state index >= 15 is 0 Å². The first kappa shape index (κ1) is 14.9. The van der Waals surface area contributed by atoms with Crippen LogP contribution in [0.4, 0.5) is 13.2 Å². The maximum atomic E-state index is 12.1. The molecule has 1 N–H and O–H groups in total. The second-order valence-corrected chi connectivity index (χ2v) is 5.85. The lowest BCUT2D eigenvalue weighted by molar-refractivity contribution is -0.274. The summed E-state index contributed by atoms with van der Waals surface area (Å²) in [5.41, 5.74) is 1.30. The second kappa shape index (κ2) is 5.46. The van der Waals surface area contributed by atoms with Gasteiger partial charge in [0.2, 0.25) is 0 Å². The van der Waals surface area contributed by atoms with Crippen LogP contribution in [0.3, 0.4) is 0 Å². The lowest BCUT2D eigenvalue weighted by Gasteiger charge is -2.13. The van der Waals surface area contributed by atoms with E-state index < -0.39 is 12.5 Å². The number of aryl methyl sites for hydroxylation is 2. The lowest BCUT2D eigenvalue weighted by Crippen LogP contribution is -2.17. The highest BCUT2D eigenvalue weighted by Gasteiger charge is 2.31. The van der Waals surface area contributed by atoms with E-state index in [0.717, 1.165) is 15.3 Å². The number of aliphatic hydroxyl groups excluding tert-OH is 1. The summed E-state index contributed by atoms with van der Waals surface area (Å²) in [5.74, 6) is -0.299. The van der Waals surface area contributed by atoms with Gasteiger partial charge in [-0.2, -0.15) is 0 Å². The fourth-order valence-corrected chi connectivity index (χ4v) is 2.91. The van der Waals surface area contributed by atoms with Crippen LogP contribution in [-0.2, 0) is 0 Å². The van der Waals surface area contributed by atoms with Gasteiger partial charge in [-0.15, -0.1) is 24.5 Å². The molecule has 0 bridgehead atoms. The van der Waals surface area contributed by atoms with Gasteiger partial charge in [-0.25, -0.2) is 0 Å². The summed E-state index contributed by atoms with van der Waals surface area (Å²) in [6.45, 7) is 3.84. The van der Waals surface area contributed by atoms with Gasteiger partial charge in [0, 0.05) is 9.75 Å².